The molecule has 1 unspecified atom stereocenters. The smallest absolute Gasteiger partial charge is 0.251 e. The summed E-state index contributed by atoms with van der Waals surface area (Å²) in [6.07, 6.45) is 2.03. The molecule has 1 aromatic heterocycles. The summed E-state index contributed by atoms with van der Waals surface area (Å²) in [5.74, 6) is -0.272. The van der Waals surface area contributed by atoms with Crippen LogP contribution in [0.4, 0.5) is 0 Å². The highest BCUT2D eigenvalue weighted by atomic mass is 16.2. The van der Waals surface area contributed by atoms with Crippen molar-refractivity contribution in [3.63, 3.8) is 0 Å². The molecule has 3 rings (SSSR count). The number of hydrogen-bond donors (Lipinski definition) is 1. The molecule has 22 heavy (non-hydrogen) atoms. The predicted octanol–water partition coefficient (Wildman–Crippen LogP) is 1.82. The molecular formula is C17H19N3O2. The molecule has 0 radical (unpaired) electrons. The van der Waals surface area contributed by atoms with Gasteiger partial charge in [-0.1, -0.05) is 18.2 Å². The number of aromatic nitrogens is 1. The van der Waals surface area contributed by atoms with Crippen molar-refractivity contribution in [1.29, 1.82) is 0 Å². The molecule has 0 saturated heterocycles. The van der Waals surface area contributed by atoms with Crippen LogP contribution in [0.15, 0.2) is 48.7 Å². The summed E-state index contributed by atoms with van der Waals surface area (Å²) in [5, 5.41) is 2.70. The van der Waals surface area contributed by atoms with Crippen molar-refractivity contribution < 1.29 is 9.59 Å². The van der Waals surface area contributed by atoms with E-state index in [0.717, 1.165) is 12.2 Å². The molecule has 2 heterocycles. The first-order chi connectivity index (χ1) is 10.7. The van der Waals surface area contributed by atoms with Crippen LogP contribution in [0.1, 0.15) is 29.0 Å². The van der Waals surface area contributed by atoms with Gasteiger partial charge in [-0.15, -0.1) is 0 Å². The van der Waals surface area contributed by atoms with Gasteiger partial charge < -0.3 is 14.8 Å². The summed E-state index contributed by atoms with van der Waals surface area (Å²) >= 11 is 0. The van der Waals surface area contributed by atoms with Gasteiger partial charge in [0, 0.05) is 30.5 Å². The Hall–Kier alpha value is -2.56. The lowest BCUT2D eigenvalue weighted by atomic mass is 10.1. The molecule has 0 bridgehead atoms. The number of nitrogens with one attached hydrogen (secondary N) is 1. The molecule has 0 fully saturated rings. The molecule has 1 aliphatic heterocycles. The van der Waals surface area contributed by atoms with Gasteiger partial charge in [0.2, 0.25) is 5.91 Å². The van der Waals surface area contributed by atoms with Crippen molar-refractivity contribution in [2.24, 2.45) is 0 Å². The number of rotatable bonds is 3. The van der Waals surface area contributed by atoms with Gasteiger partial charge in [0.25, 0.3) is 5.91 Å². The molecule has 2 aromatic rings. The molecule has 0 aliphatic carbocycles. The van der Waals surface area contributed by atoms with Crippen molar-refractivity contribution in [3.8, 4) is 0 Å². The molecule has 5 heteroatoms. The maximum absolute atomic E-state index is 12.4. The van der Waals surface area contributed by atoms with Crippen molar-refractivity contribution in [2.75, 3.05) is 13.1 Å². The number of carbonyl (C=O) groups is 2. The van der Waals surface area contributed by atoms with E-state index in [-0.39, 0.29) is 24.4 Å². The number of hydrogen-bond acceptors (Lipinski definition) is 2. The van der Waals surface area contributed by atoms with E-state index in [9.17, 15) is 9.59 Å². The second-order valence-electron chi connectivity index (χ2n) is 5.44. The normalized spacial score (nSPS) is 17.0. The molecule has 1 aliphatic rings. The third-order valence-electron chi connectivity index (χ3n) is 4.10. The van der Waals surface area contributed by atoms with E-state index in [0.29, 0.717) is 12.1 Å². The highest BCUT2D eigenvalue weighted by molar-refractivity contribution is 5.96. The van der Waals surface area contributed by atoms with E-state index in [1.165, 1.54) is 0 Å². The third-order valence-corrected chi connectivity index (χ3v) is 4.10. The molecular weight excluding hydrogens is 278 g/mol. The summed E-state index contributed by atoms with van der Waals surface area (Å²) < 4.78 is 2.16. The lowest BCUT2D eigenvalue weighted by Crippen LogP contribution is -2.45. The Balaban J connectivity index is 1.60. The fraction of sp³-hybridized carbons (Fsp3) is 0.294. The van der Waals surface area contributed by atoms with Crippen LogP contribution in [0.5, 0.6) is 0 Å². The highest BCUT2D eigenvalue weighted by Crippen LogP contribution is 2.24. The quantitative estimate of drug-likeness (QED) is 0.939. The van der Waals surface area contributed by atoms with Gasteiger partial charge in [-0.05, 0) is 31.2 Å². The van der Waals surface area contributed by atoms with E-state index >= 15 is 0 Å². The van der Waals surface area contributed by atoms with E-state index in [1.807, 2.05) is 36.2 Å². The Kier molecular flexibility index (Phi) is 3.96. The van der Waals surface area contributed by atoms with Crippen LogP contribution < -0.4 is 5.32 Å². The van der Waals surface area contributed by atoms with E-state index < -0.39 is 0 Å². The minimum atomic E-state index is -0.220. The zero-order valence-corrected chi connectivity index (χ0v) is 12.5. The molecule has 1 atom stereocenters. The minimum Gasteiger partial charge on any atom is -0.348 e. The van der Waals surface area contributed by atoms with Crippen molar-refractivity contribution in [2.45, 2.75) is 19.5 Å². The fourth-order valence-electron chi connectivity index (χ4n) is 2.87. The van der Waals surface area contributed by atoms with Crippen LogP contribution in [0.3, 0.4) is 0 Å². The SMILES string of the molecule is CC1c2cccn2CCN1C(=O)CNC(=O)c1ccccc1. The van der Waals surface area contributed by atoms with Crippen LogP contribution >= 0.6 is 0 Å². The van der Waals surface area contributed by atoms with Gasteiger partial charge in [-0.3, -0.25) is 9.59 Å². The van der Waals surface area contributed by atoms with Gasteiger partial charge in [0.1, 0.15) is 0 Å². The maximum Gasteiger partial charge on any atom is 0.251 e. The zero-order chi connectivity index (χ0) is 15.5. The average Bonchev–Trinajstić information content (AvgIpc) is 3.03. The molecule has 5 nitrogen and oxygen atoms in total. The van der Waals surface area contributed by atoms with E-state index in [1.54, 1.807) is 24.3 Å². The summed E-state index contributed by atoms with van der Waals surface area (Å²) in [6, 6.07) is 13.0. The van der Waals surface area contributed by atoms with Gasteiger partial charge in [0.15, 0.2) is 0 Å². The second-order valence-corrected chi connectivity index (χ2v) is 5.44. The van der Waals surface area contributed by atoms with Gasteiger partial charge in [-0.2, -0.15) is 0 Å². The Bertz CT molecular complexity index is 678. The average molecular weight is 297 g/mol. The number of carbonyl (C=O) groups excluding carboxylic acids is 2. The predicted molar refractivity (Wildman–Crippen MR) is 83.3 cm³/mol. The standard InChI is InChI=1S/C17H19N3O2/c1-13-15-8-5-9-19(15)10-11-20(13)16(21)12-18-17(22)14-6-3-2-4-7-14/h2-9,13H,10-12H2,1H3,(H,18,22). The number of nitrogens with zero attached hydrogens (tertiary/aromatic N) is 2. The Morgan fingerprint density at radius 2 is 1.91 bits per heavy atom. The number of benzene rings is 1. The summed E-state index contributed by atoms with van der Waals surface area (Å²) in [7, 11) is 0. The fourth-order valence-corrected chi connectivity index (χ4v) is 2.87. The monoisotopic (exact) mass is 297 g/mol. The first-order valence-electron chi connectivity index (χ1n) is 7.44. The van der Waals surface area contributed by atoms with Crippen molar-refractivity contribution in [3.05, 3.63) is 59.9 Å². The van der Waals surface area contributed by atoms with Crippen LogP contribution in [0.25, 0.3) is 0 Å². The largest absolute Gasteiger partial charge is 0.348 e. The topological polar surface area (TPSA) is 54.3 Å². The Morgan fingerprint density at radius 3 is 2.68 bits per heavy atom. The van der Waals surface area contributed by atoms with Crippen LogP contribution in [-0.4, -0.2) is 34.4 Å². The van der Waals surface area contributed by atoms with Gasteiger partial charge in [-0.25, -0.2) is 0 Å². The number of fused-ring (bicyclic) bond motifs is 1. The first-order valence-corrected chi connectivity index (χ1v) is 7.44. The van der Waals surface area contributed by atoms with E-state index in [4.69, 9.17) is 0 Å². The van der Waals surface area contributed by atoms with Crippen LogP contribution in [-0.2, 0) is 11.3 Å². The first kappa shape index (κ1) is 14.4. The molecule has 1 aromatic carbocycles. The third kappa shape index (κ3) is 2.74. The van der Waals surface area contributed by atoms with Crippen LogP contribution in [0.2, 0.25) is 0 Å². The Morgan fingerprint density at radius 1 is 1.14 bits per heavy atom. The molecule has 2 amide bonds. The lowest BCUT2D eigenvalue weighted by Gasteiger charge is -2.35. The van der Waals surface area contributed by atoms with Gasteiger partial charge in [0.05, 0.1) is 12.6 Å². The van der Waals surface area contributed by atoms with E-state index in [2.05, 4.69) is 9.88 Å². The molecule has 0 saturated carbocycles. The zero-order valence-electron chi connectivity index (χ0n) is 12.5. The lowest BCUT2D eigenvalue weighted by molar-refractivity contribution is -0.133. The summed E-state index contributed by atoms with van der Waals surface area (Å²) in [5.41, 5.74) is 1.70. The number of amides is 2. The minimum absolute atomic E-state index is 0.0266. The van der Waals surface area contributed by atoms with Crippen LogP contribution in [0, 0.1) is 0 Å². The Labute approximate surface area is 129 Å². The maximum atomic E-state index is 12.4. The summed E-state index contributed by atoms with van der Waals surface area (Å²) in [6.45, 7) is 3.51. The molecule has 0 spiro atoms. The molecule has 1 N–H and O–H groups in total. The van der Waals surface area contributed by atoms with Gasteiger partial charge >= 0.3 is 0 Å². The summed E-state index contributed by atoms with van der Waals surface area (Å²) in [4.78, 5) is 26.2. The second kappa shape index (κ2) is 6.05. The van der Waals surface area contributed by atoms with Crippen molar-refractivity contribution >= 4 is 11.8 Å². The highest BCUT2D eigenvalue weighted by Gasteiger charge is 2.27. The molecule has 114 valence electrons. The van der Waals surface area contributed by atoms with Crippen molar-refractivity contribution in [1.82, 2.24) is 14.8 Å².